The van der Waals surface area contributed by atoms with Crippen LogP contribution in [0, 0.1) is 0 Å². The van der Waals surface area contributed by atoms with Gasteiger partial charge in [0.25, 0.3) is 6.43 Å². The molecule has 0 aromatic heterocycles. The first-order valence-electron chi connectivity index (χ1n) is 5.30. The largest absolute Gasteiger partial charge is 0.378 e. The standard InChI is InChI=1S/C11H14BrF2NO2/c1-16-10(5-6-17-7-10)11(9(13)14)4-2-3-8(12)15-11/h2-4,9,15H,5-7H2,1H3/t10?,11-/m1/s1. The Kier molecular flexibility index (Phi) is 3.56. The van der Waals surface area contributed by atoms with E-state index in [0.29, 0.717) is 17.6 Å². The molecule has 1 saturated heterocycles. The molecular weight excluding hydrogens is 296 g/mol. The van der Waals surface area contributed by atoms with E-state index in [0.717, 1.165) is 0 Å². The van der Waals surface area contributed by atoms with Crippen LogP contribution in [0.1, 0.15) is 6.42 Å². The summed E-state index contributed by atoms with van der Waals surface area (Å²) >= 11 is 3.20. The Hall–Kier alpha value is -0.460. The minimum absolute atomic E-state index is 0.158. The molecule has 96 valence electrons. The quantitative estimate of drug-likeness (QED) is 0.811. The van der Waals surface area contributed by atoms with Gasteiger partial charge in [-0.05, 0) is 22.0 Å². The highest BCUT2D eigenvalue weighted by Gasteiger charge is 2.59. The van der Waals surface area contributed by atoms with Gasteiger partial charge in [-0.3, -0.25) is 0 Å². The molecule has 1 fully saturated rings. The van der Waals surface area contributed by atoms with E-state index >= 15 is 0 Å². The molecule has 2 aliphatic rings. The average molecular weight is 310 g/mol. The third-order valence-electron chi connectivity index (χ3n) is 3.40. The number of allylic oxidation sites excluding steroid dienone is 2. The zero-order valence-electron chi connectivity index (χ0n) is 9.38. The Morgan fingerprint density at radius 2 is 2.35 bits per heavy atom. The van der Waals surface area contributed by atoms with Crippen molar-refractivity contribution in [1.82, 2.24) is 5.32 Å². The van der Waals surface area contributed by atoms with E-state index in [2.05, 4.69) is 21.2 Å². The first kappa shape index (κ1) is 13.0. The zero-order valence-corrected chi connectivity index (χ0v) is 11.0. The van der Waals surface area contributed by atoms with E-state index in [1.807, 2.05) is 0 Å². The highest BCUT2D eigenvalue weighted by molar-refractivity contribution is 9.11. The number of alkyl halides is 2. The van der Waals surface area contributed by atoms with Gasteiger partial charge in [0.15, 0.2) is 0 Å². The lowest BCUT2D eigenvalue weighted by atomic mass is 9.77. The Labute approximate surface area is 107 Å². The van der Waals surface area contributed by atoms with Gasteiger partial charge in [-0.15, -0.1) is 0 Å². The lowest BCUT2D eigenvalue weighted by Crippen LogP contribution is -2.67. The molecule has 0 amide bonds. The minimum atomic E-state index is -2.60. The van der Waals surface area contributed by atoms with Crippen LogP contribution < -0.4 is 5.32 Å². The SMILES string of the molecule is COC1([C@]2(C(F)F)C=CC=C(Br)N2)CCOC1. The molecule has 2 heterocycles. The molecule has 0 radical (unpaired) electrons. The van der Waals surface area contributed by atoms with Crippen LogP contribution >= 0.6 is 15.9 Å². The lowest BCUT2D eigenvalue weighted by molar-refractivity contribution is -0.117. The highest BCUT2D eigenvalue weighted by Crippen LogP contribution is 2.41. The summed E-state index contributed by atoms with van der Waals surface area (Å²) in [6.45, 7) is 0.588. The molecule has 0 saturated carbocycles. The Morgan fingerprint density at radius 3 is 2.82 bits per heavy atom. The van der Waals surface area contributed by atoms with Crippen molar-refractivity contribution >= 4 is 15.9 Å². The van der Waals surface area contributed by atoms with Crippen LogP contribution in [0.2, 0.25) is 0 Å². The molecule has 0 spiro atoms. The molecule has 0 aromatic rings. The number of nitrogens with one attached hydrogen (secondary N) is 1. The molecule has 0 bridgehead atoms. The normalized spacial score (nSPS) is 37.1. The average Bonchev–Trinajstić information content (AvgIpc) is 2.78. The van der Waals surface area contributed by atoms with Crippen molar-refractivity contribution in [2.45, 2.75) is 24.0 Å². The van der Waals surface area contributed by atoms with Gasteiger partial charge in [-0.25, -0.2) is 8.78 Å². The number of hydrogen-bond donors (Lipinski definition) is 1. The van der Waals surface area contributed by atoms with Gasteiger partial charge >= 0.3 is 0 Å². The van der Waals surface area contributed by atoms with Gasteiger partial charge in [0.05, 0.1) is 11.2 Å². The molecular formula is C11H14BrF2NO2. The molecule has 1 unspecified atom stereocenters. The Morgan fingerprint density at radius 1 is 1.59 bits per heavy atom. The summed E-state index contributed by atoms with van der Waals surface area (Å²) in [6.07, 6.45) is 2.58. The van der Waals surface area contributed by atoms with Crippen molar-refractivity contribution in [2.24, 2.45) is 0 Å². The first-order valence-corrected chi connectivity index (χ1v) is 6.10. The molecule has 3 nitrogen and oxygen atoms in total. The molecule has 0 aliphatic carbocycles. The third kappa shape index (κ3) is 1.92. The monoisotopic (exact) mass is 309 g/mol. The van der Waals surface area contributed by atoms with Gasteiger partial charge < -0.3 is 14.8 Å². The van der Waals surface area contributed by atoms with E-state index in [1.54, 1.807) is 12.2 Å². The number of ether oxygens (including phenoxy) is 2. The molecule has 2 atom stereocenters. The van der Waals surface area contributed by atoms with Crippen LogP contribution in [0.15, 0.2) is 22.8 Å². The van der Waals surface area contributed by atoms with Crippen molar-refractivity contribution in [1.29, 1.82) is 0 Å². The second-order valence-corrected chi connectivity index (χ2v) is 5.02. The summed E-state index contributed by atoms with van der Waals surface area (Å²) in [4.78, 5) is 0. The molecule has 1 N–H and O–H groups in total. The zero-order chi connectivity index (χ0) is 12.5. The summed E-state index contributed by atoms with van der Waals surface area (Å²) in [5.74, 6) is 0. The van der Waals surface area contributed by atoms with E-state index in [9.17, 15) is 8.78 Å². The van der Waals surface area contributed by atoms with Crippen molar-refractivity contribution in [2.75, 3.05) is 20.3 Å². The van der Waals surface area contributed by atoms with Crippen LogP contribution in [0.3, 0.4) is 0 Å². The van der Waals surface area contributed by atoms with Crippen LogP contribution in [-0.4, -0.2) is 37.9 Å². The lowest BCUT2D eigenvalue weighted by Gasteiger charge is -2.46. The number of halogens is 3. The van der Waals surface area contributed by atoms with Crippen molar-refractivity contribution in [3.05, 3.63) is 22.8 Å². The van der Waals surface area contributed by atoms with E-state index in [4.69, 9.17) is 9.47 Å². The number of hydrogen-bond acceptors (Lipinski definition) is 3. The maximum Gasteiger partial charge on any atom is 0.267 e. The van der Waals surface area contributed by atoms with Crippen LogP contribution in [-0.2, 0) is 9.47 Å². The summed E-state index contributed by atoms with van der Waals surface area (Å²) in [7, 11) is 1.44. The van der Waals surface area contributed by atoms with Crippen molar-refractivity contribution < 1.29 is 18.3 Å². The minimum Gasteiger partial charge on any atom is -0.378 e. The maximum absolute atomic E-state index is 13.5. The second kappa shape index (κ2) is 4.66. The van der Waals surface area contributed by atoms with Gasteiger partial charge in [-0.1, -0.05) is 12.2 Å². The highest BCUT2D eigenvalue weighted by atomic mass is 79.9. The van der Waals surface area contributed by atoms with Crippen LogP contribution in [0.5, 0.6) is 0 Å². The smallest absolute Gasteiger partial charge is 0.267 e. The summed E-state index contributed by atoms with van der Waals surface area (Å²) in [5, 5.41) is 2.80. The maximum atomic E-state index is 13.5. The number of rotatable bonds is 3. The van der Waals surface area contributed by atoms with Crippen molar-refractivity contribution in [3.63, 3.8) is 0 Å². The molecule has 17 heavy (non-hydrogen) atoms. The van der Waals surface area contributed by atoms with Gasteiger partial charge in [-0.2, -0.15) is 0 Å². The first-order chi connectivity index (χ1) is 8.06. The summed E-state index contributed by atoms with van der Waals surface area (Å²) in [5.41, 5.74) is -2.59. The second-order valence-electron chi connectivity index (χ2n) is 4.17. The Bertz CT molecular complexity index is 353. The van der Waals surface area contributed by atoms with Gasteiger partial charge in [0, 0.05) is 20.1 Å². The molecule has 0 aromatic carbocycles. The fraction of sp³-hybridized carbons (Fsp3) is 0.636. The molecule has 2 aliphatic heterocycles. The predicted molar refractivity (Wildman–Crippen MR) is 63.2 cm³/mol. The summed E-state index contributed by atoms with van der Waals surface area (Å²) in [6, 6.07) is 0. The predicted octanol–water partition coefficient (Wildman–Crippen LogP) is 2.19. The third-order valence-corrected chi connectivity index (χ3v) is 3.86. The van der Waals surface area contributed by atoms with Crippen LogP contribution in [0.25, 0.3) is 0 Å². The number of methoxy groups -OCH3 is 1. The molecule has 2 rings (SSSR count). The molecule has 6 heteroatoms. The fourth-order valence-corrected chi connectivity index (χ4v) is 2.84. The number of dihydropyridines is 1. The Balaban J connectivity index is 2.41. The van der Waals surface area contributed by atoms with Crippen LogP contribution in [0.4, 0.5) is 8.78 Å². The van der Waals surface area contributed by atoms with Gasteiger partial charge in [0.2, 0.25) is 0 Å². The van der Waals surface area contributed by atoms with E-state index in [-0.39, 0.29) is 6.61 Å². The van der Waals surface area contributed by atoms with Gasteiger partial charge in [0.1, 0.15) is 11.1 Å². The fourth-order valence-electron chi connectivity index (χ4n) is 2.36. The summed E-state index contributed by atoms with van der Waals surface area (Å²) < 4.78 is 38.2. The topological polar surface area (TPSA) is 30.5 Å². The van der Waals surface area contributed by atoms with E-state index in [1.165, 1.54) is 13.2 Å². The van der Waals surface area contributed by atoms with Crippen molar-refractivity contribution in [3.8, 4) is 0 Å². The van der Waals surface area contributed by atoms with E-state index < -0.39 is 17.6 Å².